The van der Waals surface area contributed by atoms with Crippen LogP contribution < -0.4 is 5.32 Å². The van der Waals surface area contributed by atoms with Crippen LogP contribution in [0.1, 0.15) is 18.4 Å². The van der Waals surface area contributed by atoms with Crippen LogP contribution in [0.3, 0.4) is 0 Å². The summed E-state index contributed by atoms with van der Waals surface area (Å²) in [5.41, 5.74) is 1.34. The number of anilines is 1. The van der Waals surface area contributed by atoms with Crippen molar-refractivity contribution < 1.29 is 4.39 Å². The molecule has 1 aliphatic carbocycles. The van der Waals surface area contributed by atoms with Gasteiger partial charge in [-0.05, 0) is 36.6 Å². The number of rotatable bonds is 3. The number of nitriles is 1. The minimum absolute atomic E-state index is 0.174. The van der Waals surface area contributed by atoms with E-state index in [-0.39, 0.29) is 11.9 Å². The van der Waals surface area contributed by atoms with E-state index in [9.17, 15) is 9.65 Å². The van der Waals surface area contributed by atoms with E-state index < -0.39 is 5.41 Å². The molecule has 106 valence electrons. The highest BCUT2D eigenvalue weighted by molar-refractivity contribution is 6.33. The van der Waals surface area contributed by atoms with Crippen molar-refractivity contribution in [3.8, 4) is 6.07 Å². The number of halogens is 2. The maximum absolute atomic E-state index is 13.0. The summed E-state index contributed by atoms with van der Waals surface area (Å²) in [5.74, 6) is -0.352. The molecule has 1 fully saturated rings. The predicted molar refractivity (Wildman–Crippen MR) is 81.8 cm³/mol. The molecule has 2 nitrogen and oxygen atoms in total. The molecule has 0 bridgehead atoms. The van der Waals surface area contributed by atoms with Crippen molar-refractivity contribution in [2.24, 2.45) is 0 Å². The average molecular weight is 301 g/mol. The highest BCUT2D eigenvalue weighted by atomic mass is 35.5. The minimum Gasteiger partial charge on any atom is -0.381 e. The molecule has 0 aromatic heterocycles. The van der Waals surface area contributed by atoms with Gasteiger partial charge in [-0.2, -0.15) is 5.26 Å². The fraction of sp³-hybridized carbons (Fsp3) is 0.235. The number of benzene rings is 2. The Kier molecular flexibility index (Phi) is 3.57. The molecular weight excluding hydrogens is 287 g/mol. The van der Waals surface area contributed by atoms with Crippen molar-refractivity contribution in [3.05, 3.63) is 64.9 Å². The maximum Gasteiger partial charge on any atom is 0.124 e. The van der Waals surface area contributed by atoms with E-state index in [4.69, 9.17) is 11.6 Å². The van der Waals surface area contributed by atoms with Gasteiger partial charge in [-0.1, -0.05) is 41.9 Å². The van der Waals surface area contributed by atoms with Crippen LogP contribution in [-0.4, -0.2) is 6.04 Å². The number of hydrogen-bond donors (Lipinski definition) is 1. The summed E-state index contributed by atoms with van der Waals surface area (Å²) in [6.45, 7) is 0. The fourth-order valence-electron chi connectivity index (χ4n) is 2.86. The third-order valence-corrected chi connectivity index (χ3v) is 4.33. The van der Waals surface area contributed by atoms with Crippen molar-refractivity contribution in [1.82, 2.24) is 0 Å². The second kappa shape index (κ2) is 5.38. The van der Waals surface area contributed by atoms with Gasteiger partial charge >= 0.3 is 0 Å². The van der Waals surface area contributed by atoms with E-state index in [1.807, 2.05) is 30.3 Å². The molecule has 0 atom stereocenters. The molecule has 2 aromatic rings. The second-order valence-corrected chi connectivity index (χ2v) is 5.84. The van der Waals surface area contributed by atoms with E-state index in [1.54, 1.807) is 6.07 Å². The predicted octanol–water partition coefficient (Wildman–Crippen LogP) is 4.51. The van der Waals surface area contributed by atoms with Gasteiger partial charge in [-0.3, -0.25) is 0 Å². The molecule has 0 heterocycles. The smallest absolute Gasteiger partial charge is 0.124 e. The molecule has 1 saturated carbocycles. The summed E-state index contributed by atoms with van der Waals surface area (Å²) in [4.78, 5) is 0. The Bertz CT molecular complexity index is 688. The quantitative estimate of drug-likeness (QED) is 0.905. The zero-order chi connectivity index (χ0) is 14.9. The van der Waals surface area contributed by atoms with E-state index in [1.165, 1.54) is 12.1 Å². The van der Waals surface area contributed by atoms with Gasteiger partial charge in [0.25, 0.3) is 0 Å². The molecule has 0 aliphatic heterocycles. The monoisotopic (exact) mass is 300 g/mol. The molecule has 4 heteroatoms. The first-order chi connectivity index (χ1) is 10.1. The first kappa shape index (κ1) is 13.9. The first-order valence-electron chi connectivity index (χ1n) is 6.81. The topological polar surface area (TPSA) is 35.8 Å². The molecule has 3 rings (SSSR count). The number of nitrogens with one attached hydrogen (secondary N) is 1. The fourth-order valence-corrected chi connectivity index (χ4v) is 3.08. The Morgan fingerprint density at radius 3 is 2.52 bits per heavy atom. The average Bonchev–Trinajstić information content (AvgIpc) is 2.45. The molecular formula is C17H14ClFN2. The van der Waals surface area contributed by atoms with Crippen molar-refractivity contribution in [3.63, 3.8) is 0 Å². The van der Waals surface area contributed by atoms with Crippen molar-refractivity contribution in [2.75, 3.05) is 5.32 Å². The first-order valence-corrected chi connectivity index (χ1v) is 7.19. The number of hydrogen-bond acceptors (Lipinski definition) is 2. The molecule has 21 heavy (non-hydrogen) atoms. The van der Waals surface area contributed by atoms with Crippen LogP contribution >= 0.6 is 11.6 Å². The minimum atomic E-state index is -0.425. The summed E-state index contributed by atoms with van der Waals surface area (Å²) in [6, 6.07) is 16.7. The summed E-state index contributed by atoms with van der Waals surface area (Å²) in [7, 11) is 0. The van der Waals surface area contributed by atoms with E-state index in [0.717, 1.165) is 18.4 Å². The van der Waals surface area contributed by atoms with Gasteiger partial charge in [-0.25, -0.2) is 4.39 Å². The molecule has 2 aromatic carbocycles. The Hall–Kier alpha value is -2.05. The standard InChI is InChI=1S/C17H14ClFN2/c18-15-8-13(19)6-7-16(15)21-14-9-17(10-14,11-20)12-4-2-1-3-5-12/h1-8,14,21H,9-10H2. The molecule has 0 unspecified atom stereocenters. The van der Waals surface area contributed by atoms with E-state index in [2.05, 4.69) is 11.4 Å². The van der Waals surface area contributed by atoms with Crippen LogP contribution in [0.2, 0.25) is 5.02 Å². The largest absolute Gasteiger partial charge is 0.381 e. The van der Waals surface area contributed by atoms with E-state index >= 15 is 0 Å². The summed E-state index contributed by atoms with van der Waals surface area (Å²) in [5, 5.41) is 13.2. The zero-order valence-electron chi connectivity index (χ0n) is 11.3. The molecule has 0 saturated heterocycles. The van der Waals surface area contributed by atoms with Gasteiger partial charge in [0.2, 0.25) is 0 Å². The highest BCUT2D eigenvalue weighted by Crippen LogP contribution is 2.45. The van der Waals surface area contributed by atoms with Crippen LogP contribution in [0.5, 0.6) is 0 Å². The lowest BCUT2D eigenvalue weighted by molar-refractivity contribution is 0.289. The third kappa shape index (κ3) is 2.59. The third-order valence-electron chi connectivity index (χ3n) is 4.02. The van der Waals surface area contributed by atoms with Crippen LogP contribution in [0.15, 0.2) is 48.5 Å². The van der Waals surface area contributed by atoms with Crippen molar-refractivity contribution >= 4 is 17.3 Å². The van der Waals surface area contributed by atoms with Crippen LogP contribution in [0.4, 0.5) is 10.1 Å². The van der Waals surface area contributed by atoms with Gasteiger partial charge in [0.05, 0.1) is 22.2 Å². The summed E-state index contributed by atoms with van der Waals surface area (Å²) < 4.78 is 13.0. The Morgan fingerprint density at radius 1 is 1.19 bits per heavy atom. The Balaban J connectivity index is 1.71. The zero-order valence-corrected chi connectivity index (χ0v) is 12.1. The molecule has 0 amide bonds. The van der Waals surface area contributed by atoms with Crippen molar-refractivity contribution in [2.45, 2.75) is 24.3 Å². The van der Waals surface area contributed by atoms with Gasteiger partial charge < -0.3 is 5.32 Å². The molecule has 0 spiro atoms. The van der Waals surface area contributed by atoms with Gasteiger partial charge in [0.15, 0.2) is 0 Å². The summed E-state index contributed by atoms with van der Waals surface area (Å²) >= 11 is 6.01. The molecule has 0 radical (unpaired) electrons. The molecule has 1 aliphatic rings. The van der Waals surface area contributed by atoms with E-state index in [0.29, 0.717) is 10.7 Å². The lowest BCUT2D eigenvalue weighted by atomic mass is 9.62. The summed E-state index contributed by atoms with van der Waals surface area (Å²) in [6.07, 6.45) is 1.45. The van der Waals surface area contributed by atoms with Gasteiger partial charge in [-0.15, -0.1) is 0 Å². The van der Waals surface area contributed by atoms with Crippen LogP contribution in [0, 0.1) is 17.1 Å². The number of nitrogens with zero attached hydrogens (tertiary/aromatic N) is 1. The normalized spacial score (nSPS) is 24.0. The van der Waals surface area contributed by atoms with Gasteiger partial charge in [0, 0.05) is 6.04 Å². The highest BCUT2D eigenvalue weighted by Gasteiger charge is 2.46. The Labute approximate surface area is 128 Å². The lowest BCUT2D eigenvalue weighted by Gasteiger charge is -2.43. The lowest BCUT2D eigenvalue weighted by Crippen LogP contribution is -2.47. The van der Waals surface area contributed by atoms with Crippen LogP contribution in [-0.2, 0) is 5.41 Å². The second-order valence-electron chi connectivity index (χ2n) is 5.43. The SMILES string of the molecule is N#CC1(c2ccccc2)CC(Nc2ccc(F)cc2Cl)C1. The van der Waals surface area contributed by atoms with Crippen LogP contribution in [0.25, 0.3) is 0 Å². The molecule has 1 N–H and O–H groups in total. The Morgan fingerprint density at radius 2 is 1.90 bits per heavy atom. The van der Waals surface area contributed by atoms with Crippen molar-refractivity contribution in [1.29, 1.82) is 5.26 Å². The van der Waals surface area contributed by atoms with Gasteiger partial charge in [0.1, 0.15) is 5.82 Å². The maximum atomic E-state index is 13.0.